The minimum absolute atomic E-state index is 0.0731. The van der Waals surface area contributed by atoms with Crippen LogP contribution in [0.1, 0.15) is 30.9 Å². The summed E-state index contributed by atoms with van der Waals surface area (Å²) in [7, 11) is -1.05. The minimum atomic E-state index is -4.55. The highest BCUT2D eigenvalue weighted by Crippen LogP contribution is 2.50. The first kappa shape index (κ1) is 33.1. The number of hydrogen-bond acceptors (Lipinski definition) is 8. The lowest BCUT2D eigenvalue weighted by Crippen LogP contribution is -2.61. The Balaban J connectivity index is 1.42. The van der Waals surface area contributed by atoms with Gasteiger partial charge in [0.15, 0.2) is 5.54 Å². The molecule has 1 N–H and O–H groups in total. The molecule has 250 valence electrons. The molecule has 47 heavy (non-hydrogen) atoms. The molecule has 0 radical (unpaired) electrons. The Bertz CT molecular complexity index is 1760. The van der Waals surface area contributed by atoms with Crippen molar-refractivity contribution in [1.29, 1.82) is 0 Å². The highest BCUT2D eigenvalue weighted by Gasteiger charge is 2.59. The number of amides is 3. The number of sulfonamides is 1. The number of rotatable bonds is 8. The van der Waals surface area contributed by atoms with Crippen LogP contribution < -0.4 is 19.1 Å². The second-order valence-electron chi connectivity index (χ2n) is 12.1. The van der Waals surface area contributed by atoms with Crippen molar-refractivity contribution in [1.82, 2.24) is 20.0 Å². The quantitative estimate of drug-likeness (QED) is 0.378. The van der Waals surface area contributed by atoms with Gasteiger partial charge >= 0.3 is 6.03 Å². The predicted octanol–water partition coefficient (Wildman–Crippen LogP) is 4.15. The Kier molecular flexibility index (Phi) is 9.39. The third-order valence-corrected chi connectivity index (χ3v) is 11.3. The summed E-state index contributed by atoms with van der Waals surface area (Å²) in [6, 6.07) is 17.5. The van der Waals surface area contributed by atoms with Gasteiger partial charge in [-0.3, -0.25) is 9.69 Å². The molecule has 6 rings (SSSR count). The number of anilines is 1. The number of piperazine rings is 1. The van der Waals surface area contributed by atoms with Crippen LogP contribution >= 0.6 is 11.6 Å². The van der Waals surface area contributed by atoms with Crippen molar-refractivity contribution in [2.24, 2.45) is 0 Å². The molecule has 2 fully saturated rings. The standard InChI is InChI=1S/C34H40ClN5O6S/c1-4-46-29-10-6-5-9-26(29)34(36-33(42)39-21-19-38(20-22-39)25-15-17-37(2)18-16-25)27-23-24(35)13-14-28(27)40(32(34)41)47(43,44)31-12-8-7-11-30(31)45-3/h5-14,23,25H,4,15-22H2,1-3H3,(H,36,42). The molecule has 3 aliphatic heterocycles. The van der Waals surface area contributed by atoms with Gasteiger partial charge in [-0.25, -0.2) is 13.2 Å². The second-order valence-corrected chi connectivity index (χ2v) is 14.2. The molecule has 2 saturated heterocycles. The number of carbonyl (C=O) groups is 2. The van der Waals surface area contributed by atoms with E-state index in [0.29, 0.717) is 43.5 Å². The SMILES string of the molecule is CCOc1ccccc1C1(NC(=O)N2CCN(C3CCN(C)CC3)CC2)C(=O)N(S(=O)(=O)c2ccccc2OC)c2ccc(Cl)cc21. The van der Waals surface area contributed by atoms with Crippen LogP contribution in [0.25, 0.3) is 0 Å². The summed E-state index contributed by atoms with van der Waals surface area (Å²) in [6.07, 6.45) is 2.17. The summed E-state index contributed by atoms with van der Waals surface area (Å²) >= 11 is 6.54. The van der Waals surface area contributed by atoms with Crippen LogP contribution in [0.15, 0.2) is 71.6 Å². The van der Waals surface area contributed by atoms with E-state index in [1.807, 2.05) is 6.92 Å². The summed E-state index contributed by atoms with van der Waals surface area (Å²) in [5.41, 5.74) is -1.39. The van der Waals surface area contributed by atoms with Gasteiger partial charge < -0.3 is 24.6 Å². The fourth-order valence-electron chi connectivity index (χ4n) is 6.93. The highest BCUT2D eigenvalue weighted by atomic mass is 35.5. The third-order valence-electron chi connectivity index (χ3n) is 9.37. The Morgan fingerprint density at radius 3 is 2.28 bits per heavy atom. The molecule has 0 spiro atoms. The largest absolute Gasteiger partial charge is 0.495 e. The molecule has 11 nitrogen and oxygen atoms in total. The number of hydrogen-bond donors (Lipinski definition) is 1. The summed E-state index contributed by atoms with van der Waals surface area (Å²) in [5.74, 6) is -0.473. The zero-order valence-electron chi connectivity index (χ0n) is 26.8. The molecule has 3 aromatic carbocycles. The molecule has 3 amide bonds. The van der Waals surface area contributed by atoms with Crippen LogP contribution in [0, 0.1) is 0 Å². The first-order valence-electron chi connectivity index (χ1n) is 15.9. The molecule has 13 heteroatoms. The molecule has 0 aliphatic carbocycles. The third kappa shape index (κ3) is 5.92. The normalized spacial score (nSPS) is 21.1. The summed E-state index contributed by atoms with van der Waals surface area (Å²) in [6.45, 7) is 6.51. The molecule has 0 saturated carbocycles. The van der Waals surface area contributed by atoms with Crippen molar-refractivity contribution in [3.8, 4) is 11.5 Å². The number of carbonyl (C=O) groups excluding carboxylic acids is 2. The average Bonchev–Trinajstić information content (AvgIpc) is 3.33. The van der Waals surface area contributed by atoms with E-state index >= 15 is 4.79 Å². The van der Waals surface area contributed by atoms with E-state index in [4.69, 9.17) is 21.1 Å². The van der Waals surface area contributed by atoms with Crippen LogP contribution in [-0.2, 0) is 20.4 Å². The second kappa shape index (κ2) is 13.3. The number of ether oxygens (including phenoxy) is 2. The van der Waals surface area contributed by atoms with Gasteiger partial charge in [-0.15, -0.1) is 0 Å². The van der Waals surface area contributed by atoms with Gasteiger partial charge in [-0.05, 0) is 76.3 Å². The summed E-state index contributed by atoms with van der Waals surface area (Å²) < 4.78 is 41.0. The van der Waals surface area contributed by atoms with Gasteiger partial charge in [0.1, 0.15) is 16.4 Å². The van der Waals surface area contributed by atoms with Crippen LogP contribution in [0.2, 0.25) is 5.02 Å². The Hall–Kier alpha value is -3.84. The van der Waals surface area contributed by atoms with Gasteiger partial charge in [0, 0.05) is 48.4 Å². The monoisotopic (exact) mass is 681 g/mol. The Morgan fingerprint density at radius 2 is 1.60 bits per heavy atom. The number of nitrogens with zero attached hydrogens (tertiary/aromatic N) is 4. The van der Waals surface area contributed by atoms with Crippen LogP contribution in [0.3, 0.4) is 0 Å². The topological polar surface area (TPSA) is 112 Å². The fraction of sp³-hybridized carbons (Fsp3) is 0.412. The van der Waals surface area contributed by atoms with Crippen molar-refractivity contribution in [3.63, 3.8) is 0 Å². The number of para-hydroxylation sites is 2. The maximum absolute atomic E-state index is 15.0. The van der Waals surface area contributed by atoms with Crippen molar-refractivity contribution in [3.05, 3.63) is 82.9 Å². The lowest BCUT2D eigenvalue weighted by Gasteiger charge is -2.43. The van der Waals surface area contributed by atoms with Gasteiger partial charge in [0.2, 0.25) is 0 Å². The number of piperidine rings is 1. The van der Waals surface area contributed by atoms with Crippen LogP contribution in [-0.4, -0.2) is 101 Å². The van der Waals surface area contributed by atoms with E-state index in [0.717, 1.165) is 30.2 Å². The van der Waals surface area contributed by atoms with E-state index in [1.165, 1.54) is 37.4 Å². The Labute approximate surface area is 281 Å². The zero-order chi connectivity index (χ0) is 33.3. The molecular weight excluding hydrogens is 642 g/mol. The van der Waals surface area contributed by atoms with Crippen molar-refractivity contribution >= 4 is 39.2 Å². The molecule has 1 unspecified atom stereocenters. The zero-order valence-corrected chi connectivity index (χ0v) is 28.4. The van der Waals surface area contributed by atoms with E-state index in [9.17, 15) is 13.2 Å². The molecular formula is C34H40ClN5O6S. The lowest BCUT2D eigenvalue weighted by molar-refractivity contribution is -0.121. The predicted molar refractivity (Wildman–Crippen MR) is 180 cm³/mol. The number of benzene rings is 3. The molecule has 3 aromatic rings. The van der Waals surface area contributed by atoms with Gasteiger partial charge in [0.05, 0.1) is 19.4 Å². The summed E-state index contributed by atoms with van der Waals surface area (Å²) in [4.78, 5) is 35.6. The summed E-state index contributed by atoms with van der Waals surface area (Å²) in [5, 5.41) is 3.30. The number of urea groups is 1. The van der Waals surface area contributed by atoms with Crippen LogP contribution in [0.4, 0.5) is 10.5 Å². The van der Waals surface area contributed by atoms with E-state index in [2.05, 4.69) is 22.2 Å². The van der Waals surface area contributed by atoms with E-state index < -0.39 is 27.5 Å². The van der Waals surface area contributed by atoms with Crippen molar-refractivity contribution in [2.75, 3.05) is 64.3 Å². The number of fused-ring (bicyclic) bond motifs is 1. The maximum atomic E-state index is 15.0. The molecule has 0 aromatic heterocycles. The molecule has 0 bridgehead atoms. The Morgan fingerprint density at radius 1 is 0.936 bits per heavy atom. The van der Waals surface area contributed by atoms with Gasteiger partial charge in [-0.1, -0.05) is 41.9 Å². The minimum Gasteiger partial charge on any atom is -0.495 e. The van der Waals surface area contributed by atoms with E-state index in [1.54, 1.807) is 41.3 Å². The highest BCUT2D eigenvalue weighted by molar-refractivity contribution is 7.93. The van der Waals surface area contributed by atoms with Gasteiger partial charge in [-0.2, -0.15) is 4.31 Å². The smallest absolute Gasteiger partial charge is 0.318 e. The molecule has 3 aliphatic rings. The van der Waals surface area contributed by atoms with E-state index in [-0.39, 0.29) is 33.5 Å². The van der Waals surface area contributed by atoms with Gasteiger partial charge in [0.25, 0.3) is 15.9 Å². The van der Waals surface area contributed by atoms with Crippen LogP contribution in [0.5, 0.6) is 11.5 Å². The first-order chi connectivity index (χ1) is 22.6. The first-order valence-corrected chi connectivity index (χ1v) is 17.7. The number of likely N-dealkylation sites (tertiary alicyclic amines) is 1. The lowest BCUT2D eigenvalue weighted by atomic mass is 9.83. The fourth-order valence-corrected chi connectivity index (χ4v) is 8.73. The molecule has 1 atom stereocenters. The van der Waals surface area contributed by atoms with Crippen molar-refractivity contribution < 1.29 is 27.5 Å². The number of halogens is 1. The number of methoxy groups -OCH3 is 1. The average molecular weight is 682 g/mol. The van der Waals surface area contributed by atoms with Crippen molar-refractivity contribution in [2.45, 2.75) is 36.2 Å². The number of nitrogens with one attached hydrogen (secondary N) is 1. The molecule has 3 heterocycles. The maximum Gasteiger partial charge on any atom is 0.318 e.